The summed E-state index contributed by atoms with van der Waals surface area (Å²) in [5, 5.41) is 12.9. The predicted molar refractivity (Wildman–Crippen MR) is 112 cm³/mol. The lowest BCUT2D eigenvalue weighted by atomic mass is 10.0. The normalized spacial score (nSPS) is 20.5. The van der Waals surface area contributed by atoms with Crippen LogP contribution in [0, 0.1) is 18.8 Å². The number of rotatable bonds is 2. The standard InChI is InChI=1S/C19H20N6O.2ClH/c1-12-18(19(26)24-10-14-8-20-9-15(14)11-24)22-23-25(12)16-4-5-17-13(7-16)3-2-6-21-17;;/h2-7,14-15,20H,8-11H2,1H3;2*1H/t14-,15+;;. The van der Waals surface area contributed by atoms with E-state index in [1.54, 1.807) is 10.9 Å². The Morgan fingerprint density at radius 1 is 1.14 bits per heavy atom. The molecular weight excluding hydrogens is 399 g/mol. The maximum Gasteiger partial charge on any atom is 0.276 e. The maximum atomic E-state index is 12.9. The minimum atomic E-state index is -0.00870. The largest absolute Gasteiger partial charge is 0.337 e. The lowest BCUT2D eigenvalue weighted by Crippen LogP contribution is -2.32. The van der Waals surface area contributed by atoms with Crippen molar-refractivity contribution in [3.05, 3.63) is 47.9 Å². The average molecular weight is 421 g/mol. The fourth-order valence-electron chi connectivity index (χ4n) is 4.14. The van der Waals surface area contributed by atoms with Gasteiger partial charge in [-0.3, -0.25) is 9.78 Å². The number of aromatic nitrogens is 4. The molecule has 9 heteroatoms. The van der Waals surface area contributed by atoms with Gasteiger partial charge in [-0.2, -0.15) is 0 Å². The number of carbonyl (C=O) groups excluding carboxylic acids is 1. The molecule has 4 heterocycles. The van der Waals surface area contributed by atoms with E-state index in [2.05, 4.69) is 20.6 Å². The number of hydrogen-bond acceptors (Lipinski definition) is 5. The summed E-state index contributed by atoms with van der Waals surface area (Å²) < 4.78 is 1.73. The zero-order chi connectivity index (χ0) is 17.7. The molecule has 2 aliphatic rings. The molecule has 0 saturated carbocycles. The van der Waals surface area contributed by atoms with Crippen molar-refractivity contribution in [1.29, 1.82) is 0 Å². The number of halogens is 2. The fourth-order valence-corrected chi connectivity index (χ4v) is 4.14. The number of pyridine rings is 1. The monoisotopic (exact) mass is 420 g/mol. The molecule has 5 rings (SSSR count). The first-order valence-corrected chi connectivity index (χ1v) is 8.98. The minimum absolute atomic E-state index is 0. The number of hydrogen-bond donors (Lipinski definition) is 1. The highest BCUT2D eigenvalue weighted by atomic mass is 35.5. The van der Waals surface area contributed by atoms with Gasteiger partial charge in [0.2, 0.25) is 0 Å². The van der Waals surface area contributed by atoms with Crippen LogP contribution in [0.3, 0.4) is 0 Å². The Labute approximate surface area is 175 Å². The third-order valence-corrected chi connectivity index (χ3v) is 5.61. The Hall–Kier alpha value is -2.22. The van der Waals surface area contributed by atoms with Crippen LogP contribution in [0.25, 0.3) is 16.6 Å². The van der Waals surface area contributed by atoms with Crippen molar-refractivity contribution in [3.8, 4) is 5.69 Å². The van der Waals surface area contributed by atoms with Gasteiger partial charge < -0.3 is 10.2 Å². The van der Waals surface area contributed by atoms with Gasteiger partial charge in [-0.05, 0) is 43.0 Å². The molecule has 1 aromatic carbocycles. The number of nitrogens with one attached hydrogen (secondary N) is 1. The quantitative estimate of drug-likeness (QED) is 0.687. The summed E-state index contributed by atoms with van der Waals surface area (Å²) >= 11 is 0. The Morgan fingerprint density at radius 2 is 1.89 bits per heavy atom. The van der Waals surface area contributed by atoms with E-state index in [1.807, 2.05) is 42.2 Å². The molecule has 0 aliphatic carbocycles. The molecule has 0 unspecified atom stereocenters. The summed E-state index contributed by atoms with van der Waals surface area (Å²) in [6, 6.07) is 9.86. The van der Waals surface area contributed by atoms with Gasteiger partial charge in [0.15, 0.2) is 5.69 Å². The van der Waals surface area contributed by atoms with Gasteiger partial charge in [0.05, 0.1) is 16.9 Å². The summed E-state index contributed by atoms with van der Waals surface area (Å²) in [5.41, 5.74) is 3.04. The van der Waals surface area contributed by atoms with Crippen LogP contribution >= 0.6 is 24.8 Å². The molecule has 7 nitrogen and oxygen atoms in total. The van der Waals surface area contributed by atoms with Crippen LogP contribution < -0.4 is 5.32 Å². The van der Waals surface area contributed by atoms with Gasteiger partial charge in [-0.15, -0.1) is 29.9 Å². The number of amides is 1. The van der Waals surface area contributed by atoms with Crippen molar-refractivity contribution < 1.29 is 4.79 Å². The Morgan fingerprint density at radius 3 is 2.64 bits per heavy atom. The zero-order valence-corrected chi connectivity index (χ0v) is 17.0. The molecule has 2 fully saturated rings. The first-order valence-electron chi connectivity index (χ1n) is 8.98. The van der Waals surface area contributed by atoms with E-state index in [0.29, 0.717) is 17.5 Å². The molecule has 2 aliphatic heterocycles. The van der Waals surface area contributed by atoms with Gasteiger partial charge >= 0.3 is 0 Å². The highest BCUT2D eigenvalue weighted by molar-refractivity contribution is 5.93. The van der Waals surface area contributed by atoms with Crippen molar-refractivity contribution in [2.45, 2.75) is 6.92 Å². The summed E-state index contributed by atoms with van der Waals surface area (Å²) in [5.74, 6) is 1.13. The van der Waals surface area contributed by atoms with Gasteiger partial charge in [0.25, 0.3) is 5.91 Å². The van der Waals surface area contributed by atoms with E-state index in [4.69, 9.17) is 0 Å². The van der Waals surface area contributed by atoms with Crippen molar-refractivity contribution in [2.75, 3.05) is 26.2 Å². The summed E-state index contributed by atoms with van der Waals surface area (Å²) in [6.45, 7) is 5.53. The summed E-state index contributed by atoms with van der Waals surface area (Å²) in [7, 11) is 0. The average Bonchev–Trinajstić information content (AvgIpc) is 3.35. The number of likely N-dealkylation sites (tertiary alicyclic amines) is 1. The van der Waals surface area contributed by atoms with Crippen LogP contribution in [0.2, 0.25) is 0 Å². The number of carbonyl (C=O) groups is 1. The molecular formula is C19H22Cl2N6O. The fraction of sp³-hybridized carbons (Fsp3) is 0.368. The molecule has 2 aromatic heterocycles. The molecule has 2 atom stereocenters. The molecule has 1 amide bonds. The van der Waals surface area contributed by atoms with Gasteiger partial charge in [-0.1, -0.05) is 11.3 Å². The third-order valence-electron chi connectivity index (χ3n) is 5.61. The van der Waals surface area contributed by atoms with Crippen LogP contribution in [0.5, 0.6) is 0 Å². The van der Waals surface area contributed by atoms with Crippen LogP contribution in [-0.2, 0) is 0 Å². The van der Waals surface area contributed by atoms with Gasteiger partial charge in [-0.25, -0.2) is 4.68 Å². The Kier molecular flexibility index (Phi) is 5.88. The second-order valence-electron chi connectivity index (χ2n) is 7.20. The van der Waals surface area contributed by atoms with E-state index >= 15 is 0 Å². The van der Waals surface area contributed by atoms with Gasteiger partial charge in [0.1, 0.15) is 0 Å². The molecule has 2 saturated heterocycles. The van der Waals surface area contributed by atoms with Crippen molar-refractivity contribution in [3.63, 3.8) is 0 Å². The van der Waals surface area contributed by atoms with Crippen LogP contribution in [0.1, 0.15) is 16.2 Å². The molecule has 0 spiro atoms. The van der Waals surface area contributed by atoms with E-state index < -0.39 is 0 Å². The van der Waals surface area contributed by atoms with Crippen molar-refractivity contribution in [2.24, 2.45) is 11.8 Å². The topological polar surface area (TPSA) is 75.9 Å². The molecule has 3 aromatic rings. The molecule has 148 valence electrons. The van der Waals surface area contributed by atoms with Crippen LogP contribution in [0.4, 0.5) is 0 Å². The summed E-state index contributed by atoms with van der Waals surface area (Å²) in [4.78, 5) is 19.2. The smallest absolute Gasteiger partial charge is 0.276 e. The third kappa shape index (κ3) is 3.34. The molecule has 28 heavy (non-hydrogen) atoms. The number of benzene rings is 1. The van der Waals surface area contributed by atoms with E-state index in [0.717, 1.165) is 48.5 Å². The highest BCUT2D eigenvalue weighted by Crippen LogP contribution is 2.28. The summed E-state index contributed by atoms with van der Waals surface area (Å²) in [6.07, 6.45) is 1.78. The Bertz CT molecular complexity index is 995. The van der Waals surface area contributed by atoms with Crippen molar-refractivity contribution >= 4 is 41.6 Å². The molecule has 0 radical (unpaired) electrons. The van der Waals surface area contributed by atoms with Crippen LogP contribution in [0.15, 0.2) is 36.5 Å². The predicted octanol–water partition coefficient (Wildman–Crippen LogP) is 2.26. The lowest BCUT2D eigenvalue weighted by molar-refractivity contribution is 0.0775. The Balaban J connectivity index is 0.00000112. The highest BCUT2D eigenvalue weighted by Gasteiger charge is 2.39. The molecule has 1 N–H and O–H groups in total. The van der Waals surface area contributed by atoms with Crippen molar-refractivity contribution in [1.82, 2.24) is 30.2 Å². The first-order chi connectivity index (χ1) is 12.7. The SMILES string of the molecule is Cc1c(C(=O)N2C[C@H]3CNC[C@H]3C2)nnn1-c1ccc2ncccc2c1.Cl.Cl. The van der Waals surface area contributed by atoms with Crippen LogP contribution in [-0.4, -0.2) is 57.0 Å². The van der Waals surface area contributed by atoms with E-state index in [-0.39, 0.29) is 30.7 Å². The zero-order valence-electron chi connectivity index (χ0n) is 15.4. The minimum Gasteiger partial charge on any atom is -0.337 e. The first kappa shape index (κ1) is 20.5. The van der Waals surface area contributed by atoms with Gasteiger partial charge in [0, 0.05) is 37.8 Å². The number of fused-ring (bicyclic) bond motifs is 2. The molecule has 0 bridgehead atoms. The second-order valence-corrected chi connectivity index (χ2v) is 7.20. The number of nitrogens with zero attached hydrogens (tertiary/aromatic N) is 5. The lowest BCUT2D eigenvalue weighted by Gasteiger charge is -2.16. The second kappa shape index (κ2) is 8.03. The van der Waals surface area contributed by atoms with E-state index in [9.17, 15) is 4.79 Å². The maximum absolute atomic E-state index is 12.9. The van der Waals surface area contributed by atoms with E-state index in [1.165, 1.54) is 0 Å².